The molecular formula is C6H12O9S. The lowest BCUT2D eigenvalue weighted by molar-refractivity contribution is -0.282. The van der Waals surface area contributed by atoms with E-state index in [1.807, 2.05) is 0 Å². The summed E-state index contributed by atoms with van der Waals surface area (Å²) in [5.74, 6) is 0. The zero-order chi connectivity index (χ0) is 12.5. The molecule has 0 spiro atoms. The minimum Gasteiger partial charge on any atom is -0.394 e. The van der Waals surface area contributed by atoms with Crippen LogP contribution >= 0.6 is 0 Å². The van der Waals surface area contributed by atoms with E-state index < -0.39 is 47.7 Å². The van der Waals surface area contributed by atoms with Crippen molar-refractivity contribution in [3.63, 3.8) is 0 Å². The van der Waals surface area contributed by atoms with Crippen molar-refractivity contribution >= 4 is 10.4 Å². The minimum atomic E-state index is -4.91. The molecule has 5 N–H and O–H groups in total. The SMILES string of the molecule is O=S(=O)(O)O[C@@H]1[C@@H](O)[C@@H](CO)OC(O)[C@H]1O. The van der Waals surface area contributed by atoms with Gasteiger partial charge in [0.25, 0.3) is 0 Å². The van der Waals surface area contributed by atoms with Crippen molar-refractivity contribution in [1.82, 2.24) is 0 Å². The third-order valence-corrected chi connectivity index (χ3v) is 2.54. The molecule has 1 aliphatic rings. The lowest BCUT2D eigenvalue weighted by Gasteiger charge is -2.38. The van der Waals surface area contributed by atoms with Gasteiger partial charge in [0.05, 0.1) is 6.61 Å². The van der Waals surface area contributed by atoms with Crippen molar-refractivity contribution in [2.45, 2.75) is 30.7 Å². The summed E-state index contributed by atoms with van der Waals surface area (Å²) in [5.41, 5.74) is 0. The zero-order valence-corrected chi connectivity index (χ0v) is 8.69. The molecule has 1 unspecified atom stereocenters. The number of aliphatic hydroxyl groups excluding tert-OH is 4. The maximum Gasteiger partial charge on any atom is 0.397 e. The Balaban J connectivity index is 2.85. The fraction of sp³-hybridized carbons (Fsp3) is 1.00. The van der Waals surface area contributed by atoms with Gasteiger partial charge in [-0.2, -0.15) is 8.42 Å². The van der Waals surface area contributed by atoms with Crippen LogP contribution in [0.4, 0.5) is 0 Å². The Labute approximate surface area is 90.8 Å². The summed E-state index contributed by atoms with van der Waals surface area (Å²) in [6.45, 7) is -0.726. The molecule has 0 amide bonds. The molecule has 0 saturated carbocycles. The lowest BCUT2D eigenvalue weighted by Crippen LogP contribution is -2.59. The third-order valence-electron chi connectivity index (χ3n) is 2.07. The molecule has 1 rings (SSSR count). The molecule has 0 bridgehead atoms. The zero-order valence-electron chi connectivity index (χ0n) is 7.87. The first kappa shape index (κ1) is 13.7. The van der Waals surface area contributed by atoms with Crippen LogP contribution in [-0.4, -0.2) is 70.7 Å². The fourth-order valence-electron chi connectivity index (χ4n) is 1.32. The predicted octanol–water partition coefficient (Wildman–Crippen LogP) is -3.39. The molecule has 0 aromatic rings. The van der Waals surface area contributed by atoms with Gasteiger partial charge >= 0.3 is 10.4 Å². The monoisotopic (exact) mass is 260 g/mol. The van der Waals surface area contributed by atoms with E-state index in [0.717, 1.165) is 0 Å². The van der Waals surface area contributed by atoms with Crippen LogP contribution in [0.3, 0.4) is 0 Å². The molecule has 9 nitrogen and oxygen atoms in total. The van der Waals surface area contributed by atoms with Crippen LogP contribution in [0, 0.1) is 0 Å². The van der Waals surface area contributed by atoms with E-state index in [-0.39, 0.29) is 0 Å². The molecule has 1 heterocycles. The van der Waals surface area contributed by atoms with Gasteiger partial charge in [0, 0.05) is 0 Å². The van der Waals surface area contributed by atoms with Crippen molar-refractivity contribution in [2.24, 2.45) is 0 Å². The number of rotatable bonds is 3. The van der Waals surface area contributed by atoms with E-state index in [1.54, 1.807) is 0 Å². The number of ether oxygens (including phenoxy) is 1. The minimum absolute atomic E-state index is 0.726. The summed E-state index contributed by atoms with van der Waals surface area (Å²) < 4.78 is 37.8. The molecule has 1 aliphatic heterocycles. The molecule has 0 aromatic carbocycles. The predicted molar refractivity (Wildman–Crippen MR) is 46.4 cm³/mol. The van der Waals surface area contributed by atoms with E-state index in [2.05, 4.69) is 8.92 Å². The van der Waals surface area contributed by atoms with Crippen molar-refractivity contribution in [2.75, 3.05) is 6.61 Å². The number of hydrogen-bond acceptors (Lipinski definition) is 8. The van der Waals surface area contributed by atoms with E-state index in [9.17, 15) is 18.6 Å². The second-order valence-corrected chi connectivity index (χ2v) is 4.27. The summed E-state index contributed by atoms with van der Waals surface area (Å²) >= 11 is 0. The summed E-state index contributed by atoms with van der Waals surface area (Å²) in [4.78, 5) is 0. The van der Waals surface area contributed by atoms with Crippen LogP contribution in [0.1, 0.15) is 0 Å². The van der Waals surface area contributed by atoms with Crippen molar-refractivity contribution in [3.8, 4) is 0 Å². The third kappa shape index (κ3) is 3.09. The Bertz CT molecular complexity index is 327. The van der Waals surface area contributed by atoms with Crippen molar-refractivity contribution in [3.05, 3.63) is 0 Å². The van der Waals surface area contributed by atoms with Gasteiger partial charge in [-0.05, 0) is 0 Å². The molecule has 1 saturated heterocycles. The van der Waals surface area contributed by atoms with Crippen LogP contribution < -0.4 is 0 Å². The molecule has 96 valence electrons. The maximum absolute atomic E-state index is 10.4. The first-order chi connectivity index (χ1) is 7.26. The van der Waals surface area contributed by atoms with Crippen LogP contribution in [0.2, 0.25) is 0 Å². The highest BCUT2D eigenvalue weighted by atomic mass is 32.3. The largest absolute Gasteiger partial charge is 0.397 e. The van der Waals surface area contributed by atoms with Crippen LogP contribution in [0.5, 0.6) is 0 Å². The average Bonchev–Trinajstić information content (AvgIpc) is 2.17. The summed E-state index contributed by atoms with van der Waals surface area (Å²) in [6.07, 6.45) is -8.58. The van der Waals surface area contributed by atoms with E-state index in [0.29, 0.717) is 0 Å². The molecule has 5 atom stereocenters. The smallest absolute Gasteiger partial charge is 0.394 e. The Morgan fingerprint density at radius 1 is 1.19 bits per heavy atom. The molecule has 10 heteroatoms. The van der Waals surface area contributed by atoms with Gasteiger partial charge in [0.15, 0.2) is 6.29 Å². The Hall–Kier alpha value is -0.330. The topological polar surface area (TPSA) is 154 Å². The molecule has 0 aromatic heterocycles. The highest BCUT2D eigenvalue weighted by molar-refractivity contribution is 7.80. The summed E-state index contributed by atoms with van der Waals surface area (Å²) in [6, 6.07) is 0. The maximum atomic E-state index is 10.4. The highest BCUT2D eigenvalue weighted by Gasteiger charge is 2.46. The van der Waals surface area contributed by atoms with Crippen molar-refractivity contribution < 1.29 is 42.3 Å². The van der Waals surface area contributed by atoms with Crippen molar-refractivity contribution in [1.29, 1.82) is 0 Å². The van der Waals surface area contributed by atoms with E-state index >= 15 is 0 Å². The second-order valence-electron chi connectivity index (χ2n) is 3.22. The summed E-state index contributed by atoms with van der Waals surface area (Å²) in [5, 5.41) is 36.5. The number of hydrogen-bond donors (Lipinski definition) is 5. The van der Waals surface area contributed by atoms with Gasteiger partial charge in [-0.25, -0.2) is 4.18 Å². The highest BCUT2D eigenvalue weighted by Crippen LogP contribution is 2.23. The Morgan fingerprint density at radius 2 is 1.75 bits per heavy atom. The van der Waals surface area contributed by atoms with Gasteiger partial charge in [0.1, 0.15) is 24.4 Å². The summed E-state index contributed by atoms with van der Waals surface area (Å²) in [7, 11) is -4.91. The van der Waals surface area contributed by atoms with Gasteiger partial charge in [0.2, 0.25) is 0 Å². The van der Waals surface area contributed by atoms with E-state index in [4.69, 9.17) is 14.8 Å². The van der Waals surface area contributed by atoms with Crippen LogP contribution in [0.25, 0.3) is 0 Å². The van der Waals surface area contributed by atoms with Crippen LogP contribution in [0.15, 0.2) is 0 Å². The molecule has 0 radical (unpaired) electrons. The molecular weight excluding hydrogens is 248 g/mol. The Morgan fingerprint density at radius 3 is 2.19 bits per heavy atom. The standard InChI is InChI=1S/C6H12O9S/c7-1-2-3(8)5(15-16(11,12)13)4(9)6(10)14-2/h2-10H,1H2,(H,11,12,13)/t2-,3+,4+,5-,6?/m1/s1. The van der Waals surface area contributed by atoms with Gasteiger partial charge in [-0.1, -0.05) is 0 Å². The molecule has 1 fully saturated rings. The Kier molecular flexibility index (Phi) is 4.20. The van der Waals surface area contributed by atoms with Gasteiger partial charge in [-0.3, -0.25) is 4.55 Å². The average molecular weight is 260 g/mol. The first-order valence-electron chi connectivity index (χ1n) is 4.22. The van der Waals surface area contributed by atoms with Crippen LogP contribution in [-0.2, 0) is 19.3 Å². The number of aliphatic hydroxyl groups is 4. The van der Waals surface area contributed by atoms with Gasteiger partial charge < -0.3 is 25.2 Å². The van der Waals surface area contributed by atoms with E-state index in [1.165, 1.54) is 0 Å². The second kappa shape index (κ2) is 4.89. The van der Waals surface area contributed by atoms with Gasteiger partial charge in [-0.15, -0.1) is 0 Å². The quantitative estimate of drug-likeness (QED) is 0.327. The first-order valence-corrected chi connectivity index (χ1v) is 5.59. The molecule has 0 aliphatic carbocycles. The lowest BCUT2D eigenvalue weighted by atomic mass is 9.99. The normalized spacial score (nSPS) is 40.9. The fourth-order valence-corrected chi connectivity index (χ4v) is 1.83. The molecule has 16 heavy (non-hydrogen) atoms.